The summed E-state index contributed by atoms with van der Waals surface area (Å²) in [5, 5.41) is 7.23. The Bertz CT molecular complexity index is 856. The van der Waals surface area contributed by atoms with Gasteiger partial charge in [0, 0.05) is 11.3 Å². The normalized spacial score (nSPS) is 11.3. The van der Waals surface area contributed by atoms with Gasteiger partial charge in [-0.1, -0.05) is 23.2 Å². The zero-order valence-corrected chi connectivity index (χ0v) is 13.1. The maximum absolute atomic E-state index is 13.3. The molecule has 5 nitrogen and oxygen atoms in total. The number of anilines is 1. The predicted octanol–water partition coefficient (Wildman–Crippen LogP) is 3.03. The molecule has 116 valence electrons. The van der Waals surface area contributed by atoms with E-state index in [1.807, 2.05) is 0 Å². The summed E-state index contributed by atoms with van der Waals surface area (Å²) >= 11 is 11.3. The fraction of sp³-hybridized carbons (Fsp3) is 0. The van der Waals surface area contributed by atoms with E-state index in [0.717, 1.165) is 12.1 Å². The smallest absolute Gasteiger partial charge is 0.255 e. The van der Waals surface area contributed by atoms with Gasteiger partial charge in [-0.2, -0.15) is 0 Å². The first-order valence-electron chi connectivity index (χ1n) is 5.77. The standard InChI is InChI=1S/C13H9Cl2FN2O3S/c14-9-4-2-8(6-11(9)16)18-13(19)7-1-3-10(15)12(5-7)22(17,20)21/h1-6H,(H,18,19)(H2,17,20,21). The van der Waals surface area contributed by atoms with E-state index in [1.165, 1.54) is 24.3 Å². The highest BCUT2D eigenvalue weighted by atomic mass is 35.5. The van der Waals surface area contributed by atoms with Crippen LogP contribution < -0.4 is 10.5 Å². The first-order valence-corrected chi connectivity index (χ1v) is 8.07. The molecule has 0 aromatic heterocycles. The Hall–Kier alpha value is -1.67. The Morgan fingerprint density at radius 2 is 1.73 bits per heavy atom. The number of carbonyl (C=O) groups is 1. The van der Waals surface area contributed by atoms with Gasteiger partial charge in [-0.3, -0.25) is 4.79 Å². The molecule has 0 saturated heterocycles. The summed E-state index contributed by atoms with van der Waals surface area (Å²) in [4.78, 5) is 11.7. The molecule has 0 fully saturated rings. The lowest BCUT2D eigenvalue weighted by Crippen LogP contribution is -2.16. The van der Waals surface area contributed by atoms with Gasteiger partial charge in [-0.05, 0) is 36.4 Å². The predicted molar refractivity (Wildman–Crippen MR) is 82.2 cm³/mol. The summed E-state index contributed by atoms with van der Waals surface area (Å²) in [5.41, 5.74) is 0.169. The van der Waals surface area contributed by atoms with Crippen LogP contribution in [-0.4, -0.2) is 14.3 Å². The first kappa shape index (κ1) is 16.7. The molecule has 0 spiro atoms. The van der Waals surface area contributed by atoms with E-state index in [9.17, 15) is 17.6 Å². The molecule has 9 heteroatoms. The van der Waals surface area contributed by atoms with Gasteiger partial charge in [0.05, 0.1) is 10.0 Å². The second-order valence-electron chi connectivity index (χ2n) is 4.27. The van der Waals surface area contributed by atoms with Gasteiger partial charge in [0.25, 0.3) is 5.91 Å². The summed E-state index contributed by atoms with van der Waals surface area (Å²) in [5.74, 6) is -1.34. The molecular formula is C13H9Cl2FN2O3S. The van der Waals surface area contributed by atoms with Crippen LogP contribution in [0.3, 0.4) is 0 Å². The van der Waals surface area contributed by atoms with E-state index in [0.29, 0.717) is 0 Å². The molecule has 0 aliphatic carbocycles. The van der Waals surface area contributed by atoms with Crippen molar-refractivity contribution in [3.8, 4) is 0 Å². The van der Waals surface area contributed by atoms with Crippen LogP contribution in [0, 0.1) is 5.82 Å². The van der Waals surface area contributed by atoms with Crippen molar-refractivity contribution >= 4 is 44.8 Å². The molecular weight excluding hydrogens is 354 g/mol. The second kappa shape index (κ2) is 6.21. The number of nitrogens with one attached hydrogen (secondary N) is 1. The number of sulfonamides is 1. The van der Waals surface area contributed by atoms with Crippen molar-refractivity contribution < 1.29 is 17.6 Å². The van der Waals surface area contributed by atoms with Crippen molar-refractivity contribution in [1.82, 2.24) is 0 Å². The van der Waals surface area contributed by atoms with E-state index in [4.69, 9.17) is 28.3 Å². The fourth-order valence-corrected chi connectivity index (χ4v) is 2.83. The third-order valence-corrected chi connectivity index (χ3v) is 4.38. The third-order valence-electron chi connectivity index (χ3n) is 2.68. The van der Waals surface area contributed by atoms with Crippen LogP contribution in [0.2, 0.25) is 10.0 Å². The Balaban J connectivity index is 2.32. The number of benzene rings is 2. The number of carbonyl (C=O) groups excluding carboxylic acids is 1. The van der Waals surface area contributed by atoms with Gasteiger partial charge in [0.1, 0.15) is 10.7 Å². The summed E-state index contributed by atoms with van der Waals surface area (Å²) in [6.07, 6.45) is 0. The van der Waals surface area contributed by atoms with Gasteiger partial charge in [-0.25, -0.2) is 17.9 Å². The van der Waals surface area contributed by atoms with Gasteiger partial charge < -0.3 is 5.32 Å². The fourth-order valence-electron chi connectivity index (χ4n) is 1.64. The van der Waals surface area contributed by atoms with Gasteiger partial charge in [-0.15, -0.1) is 0 Å². The van der Waals surface area contributed by atoms with Crippen LogP contribution in [0.15, 0.2) is 41.3 Å². The molecule has 0 unspecified atom stereocenters. The molecule has 0 radical (unpaired) electrons. The van der Waals surface area contributed by atoms with Crippen molar-refractivity contribution in [3.05, 3.63) is 57.8 Å². The van der Waals surface area contributed by atoms with Gasteiger partial charge in [0.2, 0.25) is 10.0 Å². The number of halogens is 3. The van der Waals surface area contributed by atoms with Gasteiger partial charge in [0.15, 0.2) is 0 Å². The second-order valence-corrected chi connectivity index (χ2v) is 6.62. The van der Waals surface area contributed by atoms with Crippen LogP contribution in [0.25, 0.3) is 0 Å². The monoisotopic (exact) mass is 362 g/mol. The van der Waals surface area contributed by atoms with E-state index in [-0.39, 0.29) is 26.2 Å². The molecule has 22 heavy (non-hydrogen) atoms. The highest BCUT2D eigenvalue weighted by Crippen LogP contribution is 2.23. The highest BCUT2D eigenvalue weighted by molar-refractivity contribution is 7.89. The number of nitrogens with two attached hydrogens (primary N) is 1. The Kier molecular flexibility index (Phi) is 4.72. The maximum Gasteiger partial charge on any atom is 0.255 e. The first-order chi connectivity index (χ1) is 10.2. The van der Waals surface area contributed by atoms with Crippen molar-refractivity contribution in [2.45, 2.75) is 4.90 Å². The molecule has 1 amide bonds. The largest absolute Gasteiger partial charge is 0.322 e. The van der Waals surface area contributed by atoms with Crippen LogP contribution >= 0.6 is 23.2 Å². The zero-order valence-electron chi connectivity index (χ0n) is 10.8. The van der Waals surface area contributed by atoms with Crippen LogP contribution in [0.1, 0.15) is 10.4 Å². The minimum Gasteiger partial charge on any atom is -0.322 e. The number of rotatable bonds is 3. The van der Waals surface area contributed by atoms with E-state index in [1.54, 1.807) is 0 Å². The molecule has 0 aliphatic rings. The number of amides is 1. The van der Waals surface area contributed by atoms with E-state index in [2.05, 4.69) is 5.32 Å². The van der Waals surface area contributed by atoms with Gasteiger partial charge >= 0.3 is 0 Å². The summed E-state index contributed by atoms with van der Waals surface area (Å²) < 4.78 is 36.0. The van der Waals surface area contributed by atoms with E-state index < -0.39 is 21.7 Å². The zero-order chi connectivity index (χ0) is 16.5. The minimum atomic E-state index is -4.06. The average molecular weight is 363 g/mol. The maximum atomic E-state index is 13.3. The van der Waals surface area contributed by atoms with Crippen molar-refractivity contribution in [1.29, 1.82) is 0 Å². The Morgan fingerprint density at radius 3 is 2.32 bits per heavy atom. The van der Waals surface area contributed by atoms with Crippen LogP contribution in [-0.2, 0) is 10.0 Å². The lowest BCUT2D eigenvalue weighted by Gasteiger charge is -2.08. The van der Waals surface area contributed by atoms with Crippen LogP contribution in [0.5, 0.6) is 0 Å². The number of primary sulfonamides is 1. The summed E-state index contributed by atoms with van der Waals surface area (Å²) in [7, 11) is -4.06. The van der Waals surface area contributed by atoms with Crippen molar-refractivity contribution in [3.63, 3.8) is 0 Å². The van der Waals surface area contributed by atoms with Crippen molar-refractivity contribution in [2.24, 2.45) is 5.14 Å². The Labute approximate surface area is 135 Å². The summed E-state index contributed by atoms with van der Waals surface area (Å²) in [6.45, 7) is 0. The minimum absolute atomic E-state index is 0.00350. The molecule has 0 bridgehead atoms. The van der Waals surface area contributed by atoms with Crippen LogP contribution in [0.4, 0.5) is 10.1 Å². The van der Waals surface area contributed by atoms with E-state index >= 15 is 0 Å². The highest BCUT2D eigenvalue weighted by Gasteiger charge is 2.16. The Morgan fingerprint density at radius 1 is 1.09 bits per heavy atom. The molecule has 3 N–H and O–H groups in total. The third kappa shape index (κ3) is 3.75. The SMILES string of the molecule is NS(=O)(=O)c1cc(C(=O)Nc2ccc(Cl)c(F)c2)ccc1Cl. The van der Waals surface area contributed by atoms with Crippen molar-refractivity contribution in [2.75, 3.05) is 5.32 Å². The topological polar surface area (TPSA) is 89.3 Å². The lowest BCUT2D eigenvalue weighted by atomic mass is 10.2. The molecule has 2 aromatic rings. The molecule has 0 atom stereocenters. The molecule has 2 aromatic carbocycles. The number of hydrogen-bond acceptors (Lipinski definition) is 3. The molecule has 0 saturated carbocycles. The molecule has 0 heterocycles. The summed E-state index contributed by atoms with van der Waals surface area (Å²) in [6, 6.07) is 7.32. The quantitative estimate of drug-likeness (QED) is 0.879. The molecule has 2 rings (SSSR count). The molecule has 0 aliphatic heterocycles. The average Bonchev–Trinajstić information content (AvgIpc) is 2.42. The number of hydrogen-bond donors (Lipinski definition) is 2. The lowest BCUT2D eigenvalue weighted by molar-refractivity contribution is 0.102.